The van der Waals surface area contributed by atoms with Crippen LogP contribution in [0.4, 0.5) is 11.4 Å². The van der Waals surface area contributed by atoms with Gasteiger partial charge in [-0.1, -0.05) is 15.9 Å². The fourth-order valence-electron chi connectivity index (χ4n) is 1.86. The average Bonchev–Trinajstić information content (AvgIpc) is 2.46. The Hall–Kier alpha value is -2.32. The summed E-state index contributed by atoms with van der Waals surface area (Å²) in [5.41, 5.74) is 2.18. The van der Waals surface area contributed by atoms with E-state index in [0.29, 0.717) is 11.3 Å². The molecule has 0 unspecified atom stereocenters. The first-order chi connectivity index (χ1) is 9.52. The van der Waals surface area contributed by atoms with Crippen molar-refractivity contribution in [1.82, 2.24) is 0 Å². The van der Waals surface area contributed by atoms with E-state index in [-0.39, 0.29) is 5.56 Å². The molecule has 2 rings (SSSR count). The van der Waals surface area contributed by atoms with Crippen molar-refractivity contribution in [2.45, 2.75) is 0 Å². The van der Waals surface area contributed by atoms with Crippen LogP contribution in [0.5, 0.6) is 0 Å². The zero-order valence-electron chi connectivity index (χ0n) is 10.7. The number of halogens is 1. The second-order valence-electron chi connectivity index (χ2n) is 4.18. The fourth-order valence-corrected chi connectivity index (χ4v) is 2.21. The summed E-state index contributed by atoms with van der Waals surface area (Å²) in [4.78, 5) is 13.1. The fraction of sp³-hybridized carbons (Fsp3) is 0.0667. The van der Waals surface area contributed by atoms with Gasteiger partial charge in [0, 0.05) is 17.2 Å². The minimum absolute atomic E-state index is 0.222. The highest BCUT2D eigenvalue weighted by atomic mass is 79.9. The summed E-state index contributed by atoms with van der Waals surface area (Å²) in [7, 11) is 1.79. The molecule has 0 aliphatic heterocycles. The number of hydrogen-bond acceptors (Lipinski definition) is 3. The maximum Gasteiger partial charge on any atom is 0.337 e. The van der Waals surface area contributed by atoms with Crippen LogP contribution < -0.4 is 4.90 Å². The third-order valence-corrected chi connectivity index (χ3v) is 3.43. The van der Waals surface area contributed by atoms with Crippen LogP contribution in [-0.2, 0) is 0 Å². The summed E-state index contributed by atoms with van der Waals surface area (Å²) in [6.45, 7) is 0. The quantitative estimate of drug-likeness (QED) is 0.929. The summed E-state index contributed by atoms with van der Waals surface area (Å²) in [6.07, 6.45) is 0. The van der Waals surface area contributed by atoms with E-state index in [1.54, 1.807) is 54.4 Å². The van der Waals surface area contributed by atoms with Crippen LogP contribution in [-0.4, -0.2) is 18.1 Å². The first-order valence-electron chi connectivity index (χ1n) is 5.79. The molecule has 0 spiro atoms. The van der Waals surface area contributed by atoms with Crippen molar-refractivity contribution < 1.29 is 9.90 Å². The van der Waals surface area contributed by atoms with Crippen molar-refractivity contribution in [3.05, 3.63) is 58.1 Å². The molecule has 0 fully saturated rings. The number of carbonyl (C=O) groups is 1. The van der Waals surface area contributed by atoms with E-state index >= 15 is 0 Å². The lowest BCUT2D eigenvalue weighted by atomic mass is 10.1. The lowest BCUT2D eigenvalue weighted by Crippen LogP contribution is -2.14. The number of anilines is 2. The molecule has 0 atom stereocenters. The summed E-state index contributed by atoms with van der Waals surface area (Å²) in [6, 6.07) is 14.0. The van der Waals surface area contributed by atoms with Crippen LogP contribution in [0.2, 0.25) is 0 Å². The highest BCUT2D eigenvalue weighted by molar-refractivity contribution is 9.10. The Morgan fingerprint density at radius 1 is 1.25 bits per heavy atom. The maximum absolute atomic E-state index is 11.3. The zero-order chi connectivity index (χ0) is 14.7. The van der Waals surface area contributed by atoms with E-state index in [1.165, 1.54) is 0 Å². The summed E-state index contributed by atoms with van der Waals surface area (Å²) in [5.74, 6) is -0.979. The Bertz CT molecular complexity index is 690. The van der Waals surface area contributed by atoms with E-state index in [0.717, 1.165) is 10.2 Å². The Morgan fingerprint density at radius 2 is 1.90 bits per heavy atom. The van der Waals surface area contributed by atoms with Gasteiger partial charge < -0.3 is 10.0 Å². The number of aromatic carboxylic acids is 1. The van der Waals surface area contributed by atoms with Gasteiger partial charge in [-0.2, -0.15) is 5.26 Å². The Labute approximate surface area is 125 Å². The predicted octanol–water partition coefficient (Wildman–Crippen LogP) is 3.79. The zero-order valence-corrected chi connectivity index (χ0v) is 12.3. The third kappa shape index (κ3) is 2.81. The average molecular weight is 331 g/mol. The number of carboxylic acid groups (broad SMARTS) is 1. The van der Waals surface area contributed by atoms with Gasteiger partial charge in [0.2, 0.25) is 0 Å². The highest BCUT2D eigenvalue weighted by Gasteiger charge is 2.15. The molecule has 100 valence electrons. The molecule has 0 amide bonds. The molecule has 4 nitrogen and oxygen atoms in total. The van der Waals surface area contributed by atoms with Crippen LogP contribution in [0.3, 0.4) is 0 Å². The van der Waals surface area contributed by atoms with Crippen molar-refractivity contribution in [2.75, 3.05) is 11.9 Å². The van der Waals surface area contributed by atoms with Gasteiger partial charge in [-0.25, -0.2) is 4.79 Å². The summed E-state index contributed by atoms with van der Waals surface area (Å²) >= 11 is 3.35. The molecule has 2 aromatic rings. The van der Waals surface area contributed by atoms with Crippen LogP contribution in [0.1, 0.15) is 15.9 Å². The molecule has 1 N–H and O–H groups in total. The number of nitriles is 1. The first kappa shape index (κ1) is 14.1. The molecule has 0 bridgehead atoms. The predicted molar refractivity (Wildman–Crippen MR) is 80.3 cm³/mol. The number of rotatable bonds is 3. The van der Waals surface area contributed by atoms with Crippen LogP contribution >= 0.6 is 15.9 Å². The van der Waals surface area contributed by atoms with Crippen LogP contribution in [0.25, 0.3) is 0 Å². The van der Waals surface area contributed by atoms with Crippen molar-refractivity contribution in [3.63, 3.8) is 0 Å². The lowest BCUT2D eigenvalue weighted by Gasteiger charge is -2.21. The first-order valence-corrected chi connectivity index (χ1v) is 6.59. The van der Waals surface area contributed by atoms with E-state index in [2.05, 4.69) is 22.0 Å². The minimum Gasteiger partial charge on any atom is -0.478 e. The third-order valence-electron chi connectivity index (χ3n) is 2.94. The second-order valence-corrected chi connectivity index (χ2v) is 5.10. The molecule has 0 saturated carbocycles. The smallest absolute Gasteiger partial charge is 0.337 e. The van der Waals surface area contributed by atoms with Gasteiger partial charge in [0.1, 0.15) is 0 Å². The van der Waals surface area contributed by atoms with Gasteiger partial charge in [-0.15, -0.1) is 0 Å². The van der Waals surface area contributed by atoms with Gasteiger partial charge in [-0.3, -0.25) is 0 Å². The molecule has 20 heavy (non-hydrogen) atoms. The monoisotopic (exact) mass is 330 g/mol. The minimum atomic E-state index is -0.979. The molecule has 2 aromatic carbocycles. The number of nitrogens with zero attached hydrogens (tertiary/aromatic N) is 2. The number of benzene rings is 2. The molecule has 0 heterocycles. The summed E-state index contributed by atoms with van der Waals surface area (Å²) < 4.78 is 0.804. The molecule has 0 aliphatic rings. The number of hydrogen-bond donors (Lipinski definition) is 1. The van der Waals surface area contributed by atoms with Crippen molar-refractivity contribution in [1.29, 1.82) is 5.26 Å². The largest absolute Gasteiger partial charge is 0.478 e. The van der Waals surface area contributed by atoms with E-state index < -0.39 is 5.97 Å². The molecule has 5 heteroatoms. The van der Waals surface area contributed by atoms with Crippen molar-refractivity contribution in [3.8, 4) is 6.07 Å². The molecule has 0 saturated heterocycles. The Balaban J connectivity index is 2.46. The van der Waals surface area contributed by atoms with Crippen molar-refractivity contribution >= 4 is 33.3 Å². The van der Waals surface area contributed by atoms with Crippen LogP contribution in [0.15, 0.2) is 46.9 Å². The van der Waals surface area contributed by atoms with Gasteiger partial charge in [0.25, 0.3) is 0 Å². The summed E-state index contributed by atoms with van der Waals surface area (Å²) in [5, 5.41) is 18.0. The van der Waals surface area contributed by atoms with Crippen molar-refractivity contribution in [2.24, 2.45) is 0 Å². The second kappa shape index (κ2) is 5.76. The molecule has 0 radical (unpaired) electrons. The topological polar surface area (TPSA) is 64.3 Å². The Morgan fingerprint density at radius 3 is 2.45 bits per heavy atom. The number of carboxylic acids is 1. The normalized spacial score (nSPS) is 9.85. The molecule has 0 aromatic heterocycles. The van der Waals surface area contributed by atoms with E-state index in [4.69, 9.17) is 5.26 Å². The van der Waals surface area contributed by atoms with Gasteiger partial charge in [-0.05, 0) is 42.5 Å². The highest BCUT2D eigenvalue weighted by Crippen LogP contribution is 2.30. The Kier molecular flexibility index (Phi) is 4.06. The molecular formula is C15H11BrN2O2. The van der Waals surface area contributed by atoms with E-state index in [1.807, 2.05) is 0 Å². The SMILES string of the molecule is CN(c1ccc(C#N)cc1)c1cc(Br)ccc1C(=O)O. The van der Waals surface area contributed by atoms with Gasteiger partial charge >= 0.3 is 5.97 Å². The lowest BCUT2D eigenvalue weighted by molar-refractivity contribution is 0.0697. The standard InChI is InChI=1S/C15H11BrN2O2/c1-18(12-5-2-10(9-17)3-6-12)14-8-11(16)4-7-13(14)15(19)20/h2-8H,1H3,(H,19,20). The molecular weight excluding hydrogens is 320 g/mol. The maximum atomic E-state index is 11.3. The van der Waals surface area contributed by atoms with E-state index in [9.17, 15) is 9.90 Å². The van der Waals surface area contributed by atoms with Gasteiger partial charge in [0.05, 0.1) is 22.9 Å². The van der Waals surface area contributed by atoms with Gasteiger partial charge in [0.15, 0.2) is 0 Å². The van der Waals surface area contributed by atoms with Crippen LogP contribution in [0, 0.1) is 11.3 Å². The molecule has 0 aliphatic carbocycles.